The lowest BCUT2D eigenvalue weighted by Crippen LogP contribution is -2.08. The Kier molecular flexibility index (Phi) is 6.36. The van der Waals surface area contributed by atoms with Crippen LogP contribution >= 0.6 is 0 Å². The second-order valence-electron chi connectivity index (χ2n) is 5.71. The summed E-state index contributed by atoms with van der Waals surface area (Å²) in [5.41, 5.74) is 1.02. The molecule has 0 aliphatic heterocycles. The average Bonchev–Trinajstić information content (AvgIpc) is 2.73. The standard InChI is InChI=1S/C23H22O4/c1-24-20-12-6-8-14-22(20)26-17-19(16-18-10-4-3-5-11-18)27-23-15-9-7-13-21(23)25-2/h3-16H,17H2,1-2H3/b19-16+. The topological polar surface area (TPSA) is 36.9 Å². The Hall–Kier alpha value is -3.40. The minimum atomic E-state index is 0.243. The number of ether oxygens (including phenoxy) is 4. The highest BCUT2D eigenvalue weighted by atomic mass is 16.6. The number of hydrogen-bond donors (Lipinski definition) is 0. The largest absolute Gasteiger partial charge is 0.493 e. The van der Waals surface area contributed by atoms with Gasteiger partial charge < -0.3 is 18.9 Å². The van der Waals surface area contributed by atoms with Crippen molar-refractivity contribution in [3.63, 3.8) is 0 Å². The van der Waals surface area contributed by atoms with Gasteiger partial charge in [0.2, 0.25) is 0 Å². The summed E-state index contributed by atoms with van der Waals surface area (Å²) in [5.74, 6) is 3.27. The lowest BCUT2D eigenvalue weighted by Gasteiger charge is -2.15. The molecule has 27 heavy (non-hydrogen) atoms. The van der Waals surface area contributed by atoms with Crippen molar-refractivity contribution in [3.05, 3.63) is 90.2 Å². The fraction of sp³-hybridized carbons (Fsp3) is 0.130. The van der Waals surface area contributed by atoms with Crippen molar-refractivity contribution in [2.45, 2.75) is 0 Å². The Morgan fingerprint density at radius 3 is 1.81 bits per heavy atom. The molecule has 0 heterocycles. The molecule has 0 atom stereocenters. The number of rotatable bonds is 8. The van der Waals surface area contributed by atoms with Gasteiger partial charge >= 0.3 is 0 Å². The van der Waals surface area contributed by atoms with Gasteiger partial charge in [0.15, 0.2) is 23.0 Å². The Morgan fingerprint density at radius 2 is 1.19 bits per heavy atom. The monoisotopic (exact) mass is 362 g/mol. The number of benzene rings is 3. The van der Waals surface area contributed by atoms with Gasteiger partial charge in [-0.15, -0.1) is 0 Å². The van der Waals surface area contributed by atoms with Crippen LogP contribution in [0.5, 0.6) is 23.0 Å². The Bertz CT molecular complexity index is 888. The molecule has 0 aliphatic carbocycles. The van der Waals surface area contributed by atoms with E-state index in [0.717, 1.165) is 5.56 Å². The van der Waals surface area contributed by atoms with Crippen molar-refractivity contribution < 1.29 is 18.9 Å². The molecule has 0 N–H and O–H groups in total. The minimum Gasteiger partial charge on any atom is -0.493 e. The van der Waals surface area contributed by atoms with Crippen LogP contribution in [-0.2, 0) is 0 Å². The highest BCUT2D eigenvalue weighted by Gasteiger charge is 2.10. The summed E-state index contributed by atoms with van der Waals surface area (Å²) in [6.07, 6.45) is 1.95. The van der Waals surface area contributed by atoms with Crippen LogP contribution in [0.4, 0.5) is 0 Å². The third-order valence-electron chi connectivity index (χ3n) is 3.88. The van der Waals surface area contributed by atoms with Gasteiger partial charge in [-0.25, -0.2) is 0 Å². The average molecular weight is 362 g/mol. The van der Waals surface area contributed by atoms with E-state index in [1.54, 1.807) is 14.2 Å². The minimum absolute atomic E-state index is 0.243. The molecule has 0 bridgehead atoms. The summed E-state index contributed by atoms with van der Waals surface area (Å²) in [4.78, 5) is 0. The van der Waals surface area contributed by atoms with E-state index in [9.17, 15) is 0 Å². The fourth-order valence-electron chi connectivity index (χ4n) is 2.57. The molecule has 0 unspecified atom stereocenters. The first-order chi connectivity index (χ1) is 13.3. The van der Waals surface area contributed by atoms with Gasteiger partial charge in [0, 0.05) is 0 Å². The van der Waals surface area contributed by atoms with E-state index in [1.807, 2.05) is 84.9 Å². The molecule has 3 aromatic rings. The van der Waals surface area contributed by atoms with E-state index in [2.05, 4.69) is 0 Å². The maximum Gasteiger partial charge on any atom is 0.168 e. The van der Waals surface area contributed by atoms with Gasteiger partial charge in [-0.2, -0.15) is 0 Å². The first kappa shape index (κ1) is 18.4. The van der Waals surface area contributed by atoms with E-state index < -0.39 is 0 Å². The first-order valence-electron chi connectivity index (χ1n) is 8.62. The molecule has 4 nitrogen and oxygen atoms in total. The first-order valence-corrected chi connectivity index (χ1v) is 8.62. The highest BCUT2D eigenvalue weighted by molar-refractivity contribution is 5.53. The van der Waals surface area contributed by atoms with Gasteiger partial charge in [-0.3, -0.25) is 0 Å². The quantitative estimate of drug-likeness (QED) is 0.516. The zero-order valence-corrected chi connectivity index (χ0v) is 15.4. The molecule has 4 heteroatoms. The molecule has 0 aromatic heterocycles. The summed E-state index contributed by atoms with van der Waals surface area (Å²) in [5, 5.41) is 0. The molecule has 0 spiro atoms. The smallest absolute Gasteiger partial charge is 0.168 e. The number of hydrogen-bond acceptors (Lipinski definition) is 4. The summed E-state index contributed by atoms with van der Waals surface area (Å²) in [6.45, 7) is 0.243. The van der Waals surface area contributed by atoms with Crippen molar-refractivity contribution in [3.8, 4) is 23.0 Å². The van der Waals surface area contributed by atoms with E-state index in [-0.39, 0.29) is 6.61 Å². The van der Waals surface area contributed by atoms with Crippen molar-refractivity contribution in [2.75, 3.05) is 20.8 Å². The molecule has 0 amide bonds. The van der Waals surface area contributed by atoms with Crippen LogP contribution in [0.1, 0.15) is 5.56 Å². The molecule has 3 rings (SSSR count). The molecule has 0 saturated carbocycles. The van der Waals surface area contributed by atoms with Crippen LogP contribution in [0.2, 0.25) is 0 Å². The van der Waals surface area contributed by atoms with Crippen LogP contribution in [0.25, 0.3) is 6.08 Å². The van der Waals surface area contributed by atoms with Crippen molar-refractivity contribution in [1.29, 1.82) is 0 Å². The second-order valence-corrected chi connectivity index (χ2v) is 5.71. The van der Waals surface area contributed by atoms with Crippen LogP contribution in [0, 0.1) is 0 Å². The predicted molar refractivity (Wildman–Crippen MR) is 107 cm³/mol. The molecule has 138 valence electrons. The SMILES string of the molecule is COc1ccccc1OC/C(=C\c1ccccc1)Oc1ccccc1OC. The van der Waals surface area contributed by atoms with Crippen molar-refractivity contribution >= 4 is 6.08 Å². The summed E-state index contributed by atoms with van der Waals surface area (Å²) < 4.78 is 22.8. The van der Waals surface area contributed by atoms with Crippen molar-refractivity contribution in [2.24, 2.45) is 0 Å². The fourth-order valence-corrected chi connectivity index (χ4v) is 2.57. The lowest BCUT2D eigenvalue weighted by molar-refractivity contribution is 0.265. The summed E-state index contributed by atoms with van der Waals surface area (Å²) in [7, 11) is 3.24. The number of para-hydroxylation sites is 4. The Balaban J connectivity index is 1.85. The van der Waals surface area contributed by atoms with Crippen LogP contribution < -0.4 is 18.9 Å². The maximum atomic E-state index is 6.11. The zero-order chi connectivity index (χ0) is 18.9. The van der Waals surface area contributed by atoms with E-state index >= 15 is 0 Å². The molecular weight excluding hydrogens is 340 g/mol. The highest BCUT2D eigenvalue weighted by Crippen LogP contribution is 2.30. The van der Waals surface area contributed by atoms with E-state index in [0.29, 0.717) is 28.8 Å². The molecule has 3 aromatic carbocycles. The molecular formula is C23H22O4. The normalized spacial score (nSPS) is 11.0. The second kappa shape index (κ2) is 9.34. The molecule has 0 radical (unpaired) electrons. The third kappa shape index (κ3) is 5.05. The molecule has 0 aliphatic rings. The third-order valence-corrected chi connectivity index (χ3v) is 3.88. The van der Waals surface area contributed by atoms with Gasteiger partial charge in [0.25, 0.3) is 0 Å². The van der Waals surface area contributed by atoms with E-state index in [1.165, 1.54) is 0 Å². The van der Waals surface area contributed by atoms with Gasteiger partial charge in [-0.05, 0) is 35.9 Å². The van der Waals surface area contributed by atoms with Crippen molar-refractivity contribution in [1.82, 2.24) is 0 Å². The summed E-state index contributed by atoms with van der Waals surface area (Å²) >= 11 is 0. The Labute approximate surface area is 159 Å². The maximum absolute atomic E-state index is 6.11. The van der Waals surface area contributed by atoms with Gasteiger partial charge in [0.05, 0.1) is 14.2 Å². The van der Waals surface area contributed by atoms with Crippen LogP contribution in [0.15, 0.2) is 84.6 Å². The van der Waals surface area contributed by atoms with Crippen LogP contribution in [-0.4, -0.2) is 20.8 Å². The zero-order valence-electron chi connectivity index (χ0n) is 15.4. The predicted octanol–water partition coefficient (Wildman–Crippen LogP) is 5.20. The summed E-state index contributed by atoms with van der Waals surface area (Å²) in [6, 6.07) is 25.0. The van der Waals surface area contributed by atoms with Gasteiger partial charge in [-0.1, -0.05) is 54.6 Å². The Morgan fingerprint density at radius 1 is 0.667 bits per heavy atom. The lowest BCUT2D eigenvalue weighted by atomic mass is 10.2. The molecule has 0 fully saturated rings. The van der Waals surface area contributed by atoms with Gasteiger partial charge in [0.1, 0.15) is 12.4 Å². The van der Waals surface area contributed by atoms with Crippen LogP contribution in [0.3, 0.4) is 0 Å². The van der Waals surface area contributed by atoms with E-state index in [4.69, 9.17) is 18.9 Å². The number of methoxy groups -OCH3 is 2. The molecule has 0 saturated heterocycles.